The monoisotopic (exact) mass is 224 g/mol. The summed E-state index contributed by atoms with van der Waals surface area (Å²) >= 11 is 0. The van der Waals surface area contributed by atoms with Crippen LogP contribution >= 0.6 is 0 Å². The van der Waals surface area contributed by atoms with Crippen LogP contribution in [0.15, 0.2) is 0 Å². The van der Waals surface area contributed by atoms with Crippen molar-refractivity contribution < 1.29 is 14.3 Å². The second-order valence-corrected chi connectivity index (χ2v) is 5.34. The van der Waals surface area contributed by atoms with Gasteiger partial charge in [-0.15, -0.1) is 0 Å². The molecule has 2 saturated carbocycles. The molecule has 2 fully saturated rings. The van der Waals surface area contributed by atoms with Gasteiger partial charge in [-0.25, -0.2) is 0 Å². The van der Waals surface area contributed by atoms with Gasteiger partial charge < -0.3 is 4.74 Å². The number of methoxy groups -OCH3 is 1. The molecule has 0 aliphatic heterocycles. The van der Waals surface area contributed by atoms with E-state index < -0.39 is 0 Å². The molecular formula is C13H20O3. The van der Waals surface area contributed by atoms with E-state index in [9.17, 15) is 9.59 Å². The van der Waals surface area contributed by atoms with Crippen molar-refractivity contribution in [1.82, 2.24) is 0 Å². The summed E-state index contributed by atoms with van der Waals surface area (Å²) in [5, 5.41) is 0. The van der Waals surface area contributed by atoms with Crippen molar-refractivity contribution in [2.45, 2.75) is 45.4 Å². The maximum Gasteiger partial charge on any atom is 0.308 e. The van der Waals surface area contributed by atoms with Crippen molar-refractivity contribution in [3.63, 3.8) is 0 Å². The van der Waals surface area contributed by atoms with Gasteiger partial charge in [0.25, 0.3) is 0 Å². The summed E-state index contributed by atoms with van der Waals surface area (Å²) in [6.45, 7) is 2.16. The summed E-state index contributed by atoms with van der Waals surface area (Å²) in [5.41, 5.74) is -0.197. The third kappa shape index (κ3) is 1.66. The Kier molecular flexibility index (Phi) is 3.04. The van der Waals surface area contributed by atoms with E-state index in [0.29, 0.717) is 18.1 Å². The van der Waals surface area contributed by atoms with Gasteiger partial charge in [-0.1, -0.05) is 6.92 Å². The molecule has 0 N–H and O–H groups in total. The molecule has 0 unspecified atom stereocenters. The van der Waals surface area contributed by atoms with Crippen LogP contribution in [0.2, 0.25) is 0 Å². The van der Waals surface area contributed by atoms with Crippen LogP contribution in [0.3, 0.4) is 0 Å². The van der Waals surface area contributed by atoms with Crippen molar-refractivity contribution >= 4 is 11.8 Å². The Morgan fingerprint density at radius 1 is 1.44 bits per heavy atom. The fourth-order valence-electron chi connectivity index (χ4n) is 3.51. The number of carbonyl (C=O) groups excluding carboxylic acids is 2. The van der Waals surface area contributed by atoms with Gasteiger partial charge in [-0.3, -0.25) is 9.59 Å². The lowest BCUT2D eigenvalue weighted by Crippen LogP contribution is -2.39. The van der Waals surface area contributed by atoms with E-state index in [1.165, 1.54) is 7.11 Å². The fourth-order valence-corrected chi connectivity index (χ4v) is 3.51. The van der Waals surface area contributed by atoms with Crippen molar-refractivity contribution in [2.24, 2.45) is 17.3 Å². The number of ketones is 1. The van der Waals surface area contributed by atoms with Gasteiger partial charge in [0.1, 0.15) is 5.78 Å². The quantitative estimate of drug-likeness (QED) is 0.642. The van der Waals surface area contributed by atoms with Gasteiger partial charge in [-0.2, -0.15) is 0 Å². The van der Waals surface area contributed by atoms with Crippen LogP contribution in [0, 0.1) is 17.3 Å². The number of rotatable bonds is 1. The minimum absolute atomic E-state index is 0.0468. The summed E-state index contributed by atoms with van der Waals surface area (Å²) in [5.74, 6) is 0.637. The van der Waals surface area contributed by atoms with Gasteiger partial charge in [0.2, 0.25) is 0 Å². The van der Waals surface area contributed by atoms with E-state index in [2.05, 4.69) is 6.92 Å². The number of ether oxygens (including phenoxy) is 1. The first-order valence-corrected chi connectivity index (χ1v) is 6.21. The first-order chi connectivity index (χ1) is 7.60. The molecule has 0 bridgehead atoms. The van der Waals surface area contributed by atoms with Gasteiger partial charge >= 0.3 is 5.97 Å². The first-order valence-electron chi connectivity index (χ1n) is 6.21. The molecule has 0 heterocycles. The zero-order valence-corrected chi connectivity index (χ0v) is 10.1. The SMILES string of the molecule is COC(=O)[C@H]1CC[C@]2(C1)C(=O)CCC[C@H]2C. The van der Waals surface area contributed by atoms with Crippen LogP contribution in [0.4, 0.5) is 0 Å². The minimum atomic E-state index is -0.197. The van der Waals surface area contributed by atoms with Gasteiger partial charge in [-0.05, 0) is 38.0 Å². The maximum atomic E-state index is 12.1. The Morgan fingerprint density at radius 2 is 2.19 bits per heavy atom. The summed E-state index contributed by atoms with van der Waals surface area (Å²) < 4.78 is 4.79. The summed E-state index contributed by atoms with van der Waals surface area (Å²) in [4.78, 5) is 23.7. The lowest BCUT2D eigenvalue weighted by atomic mass is 9.65. The third-order valence-corrected chi connectivity index (χ3v) is 4.62. The molecule has 16 heavy (non-hydrogen) atoms. The van der Waals surface area contributed by atoms with Crippen molar-refractivity contribution in [3.8, 4) is 0 Å². The lowest BCUT2D eigenvalue weighted by molar-refractivity contribution is -0.146. The Labute approximate surface area is 96.5 Å². The summed E-state index contributed by atoms with van der Waals surface area (Å²) in [7, 11) is 1.43. The molecule has 0 radical (unpaired) electrons. The van der Waals surface area contributed by atoms with Crippen molar-refractivity contribution in [3.05, 3.63) is 0 Å². The normalized spacial score (nSPS) is 39.0. The van der Waals surface area contributed by atoms with Gasteiger partial charge in [0.15, 0.2) is 0 Å². The number of hydrogen-bond donors (Lipinski definition) is 0. The average molecular weight is 224 g/mol. The molecule has 3 nitrogen and oxygen atoms in total. The Balaban J connectivity index is 2.14. The predicted molar refractivity (Wildman–Crippen MR) is 59.8 cm³/mol. The zero-order chi connectivity index (χ0) is 11.8. The van der Waals surface area contributed by atoms with Crippen molar-refractivity contribution in [2.75, 3.05) is 7.11 Å². The van der Waals surface area contributed by atoms with Crippen molar-refractivity contribution in [1.29, 1.82) is 0 Å². The fraction of sp³-hybridized carbons (Fsp3) is 0.846. The standard InChI is InChI=1S/C13H20O3/c1-9-4-3-5-11(14)13(9)7-6-10(8-13)12(15)16-2/h9-10H,3-8H2,1-2H3/t9-,10+,13-/m1/s1. The molecule has 2 aliphatic carbocycles. The second kappa shape index (κ2) is 4.19. The molecule has 3 atom stereocenters. The van der Waals surface area contributed by atoms with E-state index >= 15 is 0 Å². The molecule has 0 aromatic heterocycles. The topological polar surface area (TPSA) is 43.4 Å². The van der Waals surface area contributed by atoms with Crippen LogP contribution in [-0.4, -0.2) is 18.9 Å². The van der Waals surface area contributed by atoms with E-state index in [4.69, 9.17) is 4.74 Å². The highest BCUT2D eigenvalue weighted by Crippen LogP contribution is 2.52. The molecule has 2 rings (SSSR count). The molecule has 90 valence electrons. The second-order valence-electron chi connectivity index (χ2n) is 5.34. The lowest BCUT2D eigenvalue weighted by Gasteiger charge is -2.38. The highest BCUT2D eigenvalue weighted by molar-refractivity contribution is 5.87. The van der Waals surface area contributed by atoms with E-state index in [-0.39, 0.29) is 17.3 Å². The van der Waals surface area contributed by atoms with Crippen LogP contribution in [0.1, 0.15) is 45.4 Å². The third-order valence-electron chi connectivity index (χ3n) is 4.62. The van der Waals surface area contributed by atoms with E-state index in [1.807, 2.05) is 0 Å². The van der Waals surface area contributed by atoms with Crippen LogP contribution in [0.5, 0.6) is 0 Å². The van der Waals surface area contributed by atoms with Crippen LogP contribution in [-0.2, 0) is 14.3 Å². The van der Waals surface area contributed by atoms with E-state index in [0.717, 1.165) is 32.1 Å². The average Bonchev–Trinajstić information content (AvgIpc) is 2.72. The largest absolute Gasteiger partial charge is 0.469 e. The smallest absolute Gasteiger partial charge is 0.308 e. The number of Topliss-reactive ketones (excluding diaryl/α,β-unsaturated/α-hetero) is 1. The predicted octanol–water partition coefficient (Wildman–Crippen LogP) is 2.33. The Morgan fingerprint density at radius 3 is 2.81 bits per heavy atom. The highest BCUT2D eigenvalue weighted by atomic mass is 16.5. The number of esters is 1. The molecule has 2 aliphatic rings. The molecule has 1 spiro atoms. The molecular weight excluding hydrogens is 204 g/mol. The van der Waals surface area contributed by atoms with E-state index in [1.54, 1.807) is 0 Å². The molecule has 3 heteroatoms. The maximum absolute atomic E-state index is 12.1. The summed E-state index contributed by atoms with van der Waals surface area (Å²) in [6.07, 6.45) is 5.28. The first kappa shape index (κ1) is 11.6. The van der Waals surface area contributed by atoms with Crippen LogP contribution in [0.25, 0.3) is 0 Å². The molecule has 0 amide bonds. The summed E-state index contributed by atoms with van der Waals surface area (Å²) in [6, 6.07) is 0. The van der Waals surface area contributed by atoms with Gasteiger partial charge in [0.05, 0.1) is 13.0 Å². The molecule has 0 saturated heterocycles. The highest BCUT2D eigenvalue weighted by Gasteiger charge is 2.51. The Hall–Kier alpha value is -0.860. The number of hydrogen-bond acceptors (Lipinski definition) is 3. The molecule has 0 aromatic rings. The van der Waals surface area contributed by atoms with Gasteiger partial charge in [0, 0.05) is 11.8 Å². The zero-order valence-electron chi connectivity index (χ0n) is 10.1. The Bertz CT molecular complexity index is 310. The number of carbonyl (C=O) groups is 2. The van der Waals surface area contributed by atoms with Crippen LogP contribution < -0.4 is 0 Å². The minimum Gasteiger partial charge on any atom is -0.469 e. The molecule has 0 aromatic carbocycles.